The molecule has 1 aliphatic heterocycles. The number of hydrogen-bond acceptors (Lipinski definition) is 7. The number of alkyl halides is 3. The first kappa shape index (κ1) is 27.9. The molecule has 1 atom stereocenters. The highest BCUT2D eigenvalue weighted by Gasteiger charge is 2.30. The van der Waals surface area contributed by atoms with E-state index in [-0.39, 0.29) is 25.0 Å². The van der Waals surface area contributed by atoms with Gasteiger partial charge in [0.05, 0.1) is 18.9 Å². The lowest BCUT2D eigenvalue weighted by Crippen LogP contribution is -2.42. The molecule has 0 radical (unpaired) electrons. The van der Waals surface area contributed by atoms with E-state index in [1.165, 1.54) is 0 Å². The number of fused-ring (bicyclic) bond motifs is 1. The van der Waals surface area contributed by atoms with Gasteiger partial charge >= 0.3 is 5.97 Å². The van der Waals surface area contributed by atoms with Crippen molar-refractivity contribution in [1.29, 1.82) is 0 Å². The smallest absolute Gasteiger partial charge is 0.325 e. The van der Waals surface area contributed by atoms with Gasteiger partial charge in [-0.2, -0.15) is 0 Å². The summed E-state index contributed by atoms with van der Waals surface area (Å²) in [5, 5.41) is 0. The SMILES string of the molecule is CC(COC(=O)CN1Cc2cc(OCCCC(=O)N(C)c3ccccc3)ccc2N=C1N)C(Cl)(Cl)Cl. The number of hydrogen-bond donors (Lipinski definition) is 1. The van der Waals surface area contributed by atoms with E-state index in [4.69, 9.17) is 50.0 Å². The van der Waals surface area contributed by atoms with Gasteiger partial charge in [0.25, 0.3) is 0 Å². The van der Waals surface area contributed by atoms with Gasteiger partial charge in [-0.1, -0.05) is 59.9 Å². The summed E-state index contributed by atoms with van der Waals surface area (Å²) in [6.07, 6.45) is 0.937. The van der Waals surface area contributed by atoms with Gasteiger partial charge in [-0.15, -0.1) is 0 Å². The summed E-state index contributed by atoms with van der Waals surface area (Å²) in [5.41, 5.74) is 8.44. The molecule has 1 heterocycles. The number of carbonyl (C=O) groups excluding carboxylic acids is 2. The molecule has 2 aromatic rings. The maximum Gasteiger partial charge on any atom is 0.325 e. The number of amides is 1. The van der Waals surface area contributed by atoms with Crippen LogP contribution < -0.4 is 15.4 Å². The van der Waals surface area contributed by atoms with Gasteiger partial charge in [0.1, 0.15) is 12.3 Å². The van der Waals surface area contributed by atoms with Crippen LogP contribution in [0.3, 0.4) is 0 Å². The number of para-hydroxylation sites is 1. The molecule has 8 nitrogen and oxygen atoms in total. The fourth-order valence-corrected chi connectivity index (χ4v) is 3.58. The number of ether oxygens (including phenoxy) is 2. The molecule has 0 bridgehead atoms. The van der Waals surface area contributed by atoms with Gasteiger partial charge in [0.2, 0.25) is 5.91 Å². The van der Waals surface area contributed by atoms with E-state index in [0.717, 1.165) is 11.3 Å². The highest BCUT2D eigenvalue weighted by molar-refractivity contribution is 6.67. The molecule has 1 aliphatic rings. The van der Waals surface area contributed by atoms with Gasteiger partial charge in [-0.25, -0.2) is 4.99 Å². The molecule has 194 valence electrons. The van der Waals surface area contributed by atoms with Gasteiger partial charge in [0.15, 0.2) is 9.75 Å². The van der Waals surface area contributed by atoms with Crippen LogP contribution in [0.5, 0.6) is 5.75 Å². The summed E-state index contributed by atoms with van der Waals surface area (Å²) in [6, 6.07) is 15.0. The van der Waals surface area contributed by atoms with Gasteiger partial charge in [-0.3, -0.25) is 9.59 Å². The normalized spacial score (nSPS) is 13.9. The van der Waals surface area contributed by atoms with Crippen LogP contribution >= 0.6 is 34.8 Å². The molecule has 3 rings (SSSR count). The minimum Gasteiger partial charge on any atom is -0.494 e. The largest absolute Gasteiger partial charge is 0.494 e. The Hall–Kier alpha value is -2.68. The van der Waals surface area contributed by atoms with E-state index in [9.17, 15) is 9.59 Å². The summed E-state index contributed by atoms with van der Waals surface area (Å²) >= 11 is 17.4. The molecule has 2 aromatic carbocycles. The minimum absolute atomic E-state index is 0.0193. The predicted octanol–water partition coefficient (Wildman–Crippen LogP) is 4.82. The van der Waals surface area contributed by atoms with Crippen molar-refractivity contribution in [2.45, 2.75) is 30.1 Å². The van der Waals surface area contributed by atoms with Crippen molar-refractivity contribution in [3.8, 4) is 5.75 Å². The Kier molecular flexibility index (Phi) is 9.70. The molecule has 0 fully saturated rings. The monoisotopic (exact) mass is 554 g/mol. The number of rotatable bonds is 10. The van der Waals surface area contributed by atoms with E-state index in [2.05, 4.69) is 4.99 Å². The Balaban J connectivity index is 1.48. The molecule has 36 heavy (non-hydrogen) atoms. The van der Waals surface area contributed by atoms with Crippen LogP contribution in [0, 0.1) is 5.92 Å². The molecule has 11 heteroatoms. The van der Waals surface area contributed by atoms with Crippen molar-refractivity contribution in [1.82, 2.24) is 4.90 Å². The summed E-state index contributed by atoms with van der Waals surface area (Å²) in [5.74, 6) is -0.0924. The standard InChI is InChI=1S/C25H29Cl3N4O4/c1-17(25(26,27)28)16-36-23(34)15-32-14-18-13-20(10-11-21(18)30-24(32)29)35-12-6-9-22(33)31(2)19-7-4-3-5-8-19/h3-5,7-8,10-11,13,17H,6,9,12,14-16H2,1-2H3,(H2,29,30). The van der Waals surface area contributed by atoms with Crippen LogP contribution in [0.15, 0.2) is 53.5 Å². The van der Waals surface area contributed by atoms with Crippen LogP contribution in [0.1, 0.15) is 25.3 Å². The van der Waals surface area contributed by atoms with Gasteiger partial charge in [-0.05, 0) is 36.8 Å². The van der Waals surface area contributed by atoms with E-state index in [1.807, 2.05) is 42.5 Å². The van der Waals surface area contributed by atoms with Gasteiger partial charge in [0, 0.05) is 37.2 Å². The number of nitrogens with two attached hydrogens (primary N) is 1. The molecular formula is C25H29Cl3N4O4. The minimum atomic E-state index is -1.52. The first-order valence-electron chi connectivity index (χ1n) is 11.4. The predicted molar refractivity (Wildman–Crippen MR) is 143 cm³/mol. The first-order valence-corrected chi connectivity index (χ1v) is 12.6. The molecular weight excluding hydrogens is 527 g/mol. The maximum absolute atomic E-state index is 12.4. The summed E-state index contributed by atoms with van der Waals surface area (Å²) in [4.78, 5) is 32.3. The summed E-state index contributed by atoms with van der Waals surface area (Å²) in [6.45, 7) is 2.29. The van der Waals surface area contributed by atoms with Crippen molar-refractivity contribution >= 4 is 64.0 Å². The number of esters is 1. The van der Waals surface area contributed by atoms with Crippen LogP contribution in [-0.4, -0.2) is 53.3 Å². The molecule has 1 amide bonds. The van der Waals surface area contributed by atoms with Crippen molar-refractivity contribution in [3.63, 3.8) is 0 Å². The quantitative estimate of drug-likeness (QED) is 0.256. The number of guanidine groups is 1. The lowest BCUT2D eigenvalue weighted by atomic mass is 10.1. The highest BCUT2D eigenvalue weighted by Crippen LogP contribution is 2.35. The third kappa shape index (κ3) is 7.91. The number of anilines is 1. The van der Waals surface area contributed by atoms with Crippen molar-refractivity contribution in [2.75, 3.05) is 31.7 Å². The lowest BCUT2D eigenvalue weighted by molar-refractivity contribution is -0.145. The molecule has 0 saturated carbocycles. The molecule has 0 aromatic heterocycles. The Morgan fingerprint density at radius 2 is 1.92 bits per heavy atom. The number of halogens is 3. The molecule has 0 aliphatic carbocycles. The van der Waals surface area contributed by atoms with Crippen LogP contribution in [0.25, 0.3) is 0 Å². The third-order valence-corrected chi connectivity index (χ3v) is 6.78. The molecule has 0 spiro atoms. The second kappa shape index (κ2) is 12.5. The van der Waals surface area contributed by atoms with Crippen LogP contribution in [0.4, 0.5) is 11.4 Å². The number of nitrogens with zero attached hydrogens (tertiary/aromatic N) is 3. The Labute approximate surface area is 225 Å². The maximum atomic E-state index is 12.4. The zero-order valence-electron chi connectivity index (χ0n) is 20.1. The molecule has 2 N–H and O–H groups in total. The molecule has 1 unspecified atom stereocenters. The number of benzene rings is 2. The average Bonchev–Trinajstić information content (AvgIpc) is 2.85. The van der Waals surface area contributed by atoms with Crippen molar-refractivity contribution in [3.05, 3.63) is 54.1 Å². The third-order valence-electron chi connectivity index (χ3n) is 5.67. The lowest BCUT2D eigenvalue weighted by Gasteiger charge is -2.28. The van der Waals surface area contributed by atoms with Crippen molar-refractivity contribution in [2.24, 2.45) is 16.6 Å². The van der Waals surface area contributed by atoms with E-state index in [1.54, 1.807) is 29.8 Å². The average molecular weight is 556 g/mol. The van der Waals surface area contributed by atoms with E-state index >= 15 is 0 Å². The highest BCUT2D eigenvalue weighted by atomic mass is 35.6. The number of carbonyl (C=O) groups is 2. The fraction of sp³-hybridized carbons (Fsp3) is 0.400. The Bertz CT molecular complexity index is 1090. The van der Waals surface area contributed by atoms with Gasteiger partial charge < -0.3 is 25.0 Å². The zero-order valence-corrected chi connectivity index (χ0v) is 22.4. The second-order valence-corrected chi connectivity index (χ2v) is 10.9. The van der Waals surface area contributed by atoms with E-state index in [0.29, 0.717) is 37.4 Å². The zero-order chi connectivity index (χ0) is 26.3. The first-order chi connectivity index (χ1) is 17.0. The van der Waals surface area contributed by atoms with Crippen molar-refractivity contribution < 1.29 is 19.1 Å². The number of aliphatic imine (C=N–C) groups is 1. The van der Waals surface area contributed by atoms with E-state index < -0.39 is 15.7 Å². The Morgan fingerprint density at radius 3 is 2.61 bits per heavy atom. The van der Waals surface area contributed by atoms with Crippen LogP contribution in [0.2, 0.25) is 0 Å². The topological polar surface area (TPSA) is 97.5 Å². The summed E-state index contributed by atoms with van der Waals surface area (Å²) < 4.78 is 9.55. The summed E-state index contributed by atoms with van der Waals surface area (Å²) in [7, 11) is 1.76. The van der Waals surface area contributed by atoms with Crippen LogP contribution in [-0.2, 0) is 20.9 Å². The second-order valence-electron chi connectivity index (χ2n) is 8.48. The molecule has 0 saturated heterocycles. The Morgan fingerprint density at radius 1 is 1.19 bits per heavy atom. The fourth-order valence-electron chi connectivity index (χ4n) is 3.40.